The summed E-state index contributed by atoms with van der Waals surface area (Å²) in [5, 5.41) is 15.3. The van der Waals surface area contributed by atoms with Crippen molar-refractivity contribution >= 4 is 6.09 Å². The number of hydrogen-bond donors (Lipinski definition) is 1. The molecule has 0 spiro atoms. The lowest BCUT2D eigenvalue weighted by Gasteiger charge is -2.43. The highest BCUT2D eigenvalue weighted by atomic mass is 16.6. The Morgan fingerprint density at radius 1 is 1.27 bits per heavy atom. The summed E-state index contributed by atoms with van der Waals surface area (Å²) in [7, 11) is 0. The molecule has 0 aliphatic carbocycles. The highest BCUT2D eigenvalue weighted by Gasteiger charge is 2.52. The molecule has 4 rings (SSSR count). The van der Waals surface area contributed by atoms with Gasteiger partial charge in [-0.1, -0.05) is 35.5 Å². The van der Waals surface area contributed by atoms with E-state index in [0.29, 0.717) is 18.6 Å². The molecule has 2 unspecified atom stereocenters. The predicted octanol–water partition coefficient (Wildman–Crippen LogP) is 3.44. The monoisotopic (exact) mass is 356 g/mol. The lowest BCUT2D eigenvalue weighted by molar-refractivity contribution is -0.0547. The number of carbonyl (C=O) groups excluding carboxylic acids is 1. The highest BCUT2D eigenvalue weighted by molar-refractivity contribution is 5.69. The zero-order valence-electron chi connectivity index (χ0n) is 15.1. The standard InChI is InChI=1S/C20H24N2O4/c1-13-18(14(2)26-21-13)20(24)10-16-8-9-17(11-20)22(16)19(23)25-12-15-6-4-3-5-7-15/h3-7,16-17,24H,8-12H2,1-2H3. The van der Waals surface area contributed by atoms with Gasteiger partial charge in [0.25, 0.3) is 0 Å². The molecule has 1 aromatic carbocycles. The van der Waals surface area contributed by atoms with Crippen LogP contribution in [0.15, 0.2) is 34.9 Å². The molecule has 2 atom stereocenters. The van der Waals surface area contributed by atoms with Crippen LogP contribution in [0.3, 0.4) is 0 Å². The van der Waals surface area contributed by atoms with E-state index < -0.39 is 5.60 Å². The Balaban J connectivity index is 1.48. The fourth-order valence-electron chi connectivity index (χ4n) is 4.67. The maximum Gasteiger partial charge on any atom is 0.410 e. The Kier molecular flexibility index (Phi) is 4.23. The minimum absolute atomic E-state index is 0.0178. The molecule has 0 saturated carbocycles. The maximum absolute atomic E-state index is 12.7. The quantitative estimate of drug-likeness (QED) is 0.912. The van der Waals surface area contributed by atoms with Gasteiger partial charge in [-0.3, -0.25) is 0 Å². The molecule has 2 aliphatic rings. The summed E-state index contributed by atoms with van der Waals surface area (Å²) in [5.74, 6) is 0.657. The molecule has 3 heterocycles. The summed E-state index contributed by atoms with van der Waals surface area (Å²) in [6, 6.07) is 9.63. The number of carbonyl (C=O) groups is 1. The van der Waals surface area contributed by atoms with Gasteiger partial charge in [-0.05, 0) is 32.3 Å². The molecule has 2 aromatic rings. The van der Waals surface area contributed by atoms with Crippen LogP contribution in [0.4, 0.5) is 4.79 Å². The van der Waals surface area contributed by atoms with Crippen LogP contribution < -0.4 is 0 Å². The molecule has 2 bridgehead atoms. The SMILES string of the molecule is Cc1noc(C)c1C1(O)CC2CCC(C1)N2C(=O)OCc1ccccc1. The average molecular weight is 356 g/mol. The molecule has 0 radical (unpaired) electrons. The van der Waals surface area contributed by atoms with Crippen molar-refractivity contribution in [2.75, 3.05) is 0 Å². The lowest BCUT2D eigenvalue weighted by atomic mass is 9.80. The second-order valence-corrected chi connectivity index (χ2v) is 7.47. The van der Waals surface area contributed by atoms with Crippen molar-refractivity contribution in [3.63, 3.8) is 0 Å². The summed E-state index contributed by atoms with van der Waals surface area (Å²) in [6.07, 6.45) is 2.47. The molecule has 2 saturated heterocycles. The van der Waals surface area contributed by atoms with Crippen molar-refractivity contribution in [1.82, 2.24) is 10.1 Å². The van der Waals surface area contributed by atoms with Crippen LogP contribution in [-0.4, -0.2) is 33.3 Å². The first-order valence-corrected chi connectivity index (χ1v) is 9.13. The zero-order valence-corrected chi connectivity index (χ0v) is 15.1. The molecule has 1 amide bonds. The van der Waals surface area contributed by atoms with E-state index in [4.69, 9.17) is 9.26 Å². The first-order chi connectivity index (χ1) is 12.5. The normalized spacial score (nSPS) is 27.6. The summed E-state index contributed by atoms with van der Waals surface area (Å²) < 4.78 is 10.8. The molecule has 1 aromatic heterocycles. The second kappa shape index (κ2) is 6.43. The fraction of sp³-hybridized carbons (Fsp3) is 0.500. The van der Waals surface area contributed by atoms with E-state index in [9.17, 15) is 9.90 Å². The van der Waals surface area contributed by atoms with E-state index in [1.54, 1.807) is 0 Å². The average Bonchev–Trinajstić information content (AvgIpc) is 3.11. The summed E-state index contributed by atoms with van der Waals surface area (Å²) in [6.45, 7) is 3.95. The van der Waals surface area contributed by atoms with Crippen LogP contribution in [-0.2, 0) is 16.9 Å². The summed E-state index contributed by atoms with van der Waals surface area (Å²) >= 11 is 0. The minimum Gasteiger partial charge on any atom is -0.445 e. The number of fused-ring (bicyclic) bond motifs is 2. The smallest absolute Gasteiger partial charge is 0.410 e. The van der Waals surface area contributed by atoms with Crippen molar-refractivity contribution in [1.29, 1.82) is 0 Å². The van der Waals surface area contributed by atoms with Crippen LogP contribution in [0.1, 0.15) is 48.3 Å². The van der Waals surface area contributed by atoms with Gasteiger partial charge in [0.15, 0.2) is 0 Å². The van der Waals surface area contributed by atoms with Gasteiger partial charge in [-0.25, -0.2) is 4.79 Å². The van der Waals surface area contributed by atoms with Gasteiger partial charge in [0.05, 0.1) is 11.3 Å². The van der Waals surface area contributed by atoms with Gasteiger partial charge in [0, 0.05) is 30.5 Å². The van der Waals surface area contributed by atoms with E-state index >= 15 is 0 Å². The Bertz CT molecular complexity index is 768. The summed E-state index contributed by atoms with van der Waals surface area (Å²) in [5.41, 5.74) is 1.49. The fourth-order valence-corrected chi connectivity index (χ4v) is 4.67. The molecular weight excluding hydrogens is 332 g/mol. The van der Waals surface area contributed by atoms with Gasteiger partial charge >= 0.3 is 6.09 Å². The predicted molar refractivity (Wildman–Crippen MR) is 94.4 cm³/mol. The number of aliphatic hydroxyl groups is 1. The molecule has 26 heavy (non-hydrogen) atoms. The van der Waals surface area contributed by atoms with Crippen LogP contribution >= 0.6 is 0 Å². The molecule has 138 valence electrons. The van der Waals surface area contributed by atoms with Crippen molar-refractivity contribution in [3.8, 4) is 0 Å². The van der Waals surface area contributed by atoms with Crippen LogP contribution in [0.5, 0.6) is 0 Å². The topological polar surface area (TPSA) is 75.8 Å². The van der Waals surface area contributed by atoms with Crippen molar-refractivity contribution in [3.05, 3.63) is 52.9 Å². The van der Waals surface area contributed by atoms with Crippen molar-refractivity contribution in [2.45, 2.75) is 63.8 Å². The maximum atomic E-state index is 12.7. The number of piperidine rings is 1. The van der Waals surface area contributed by atoms with Gasteiger partial charge < -0.3 is 19.3 Å². The number of aryl methyl sites for hydroxylation is 2. The zero-order chi connectivity index (χ0) is 18.3. The minimum atomic E-state index is -0.990. The number of hydrogen-bond acceptors (Lipinski definition) is 5. The van der Waals surface area contributed by atoms with Crippen LogP contribution in [0.2, 0.25) is 0 Å². The Morgan fingerprint density at radius 3 is 2.50 bits per heavy atom. The van der Waals surface area contributed by atoms with E-state index in [1.165, 1.54) is 0 Å². The molecule has 6 heteroatoms. The van der Waals surface area contributed by atoms with Crippen molar-refractivity contribution < 1.29 is 19.2 Å². The number of benzene rings is 1. The Morgan fingerprint density at radius 2 is 1.92 bits per heavy atom. The summed E-state index contributed by atoms with van der Waals surface area (Å²) in [4.78, 5) is 14.5. The Hall–Kier alpha value is -2.34. The van der Waals surface area contributed by atoms with Crippen molar-refractivity contribution in [2.24, 2.45) is 0 Å². The molecule has 6 nitrogen and oxygen atoms in total. The third-order valence-electron chi connectivity index (χ3n) is 5.68. The highest BCUT2D eigenvalue weighted by Crippen LogP contribution is 2.47. The van der Waals surface area contributed by atoms with Crippen LogP contribution in [0.25, 0.3) is 0 Å². The van der Waals surface area contributed by atoms with Gasteiger partial charge in [-0.2, -0.15) is 0 Å². The largest absolute Gasteiger partial charge is 0.445 e. The first kappa shape index (κ1) is 17.1. The second-order valence-electron chi connectivity index (χ2n) is 7.47. The number of rotatable bonds is 3. The van der Waals surface area contributed by atoms with E-state index in [-0.39, 0.29) is 24.8 Å². The van der Waals surface area contributed by atoms with Crippen LogP contribution in [0, 0.1) is 13.8 Å². The molecular formula is C20H24N2O4. The van der Waals surface area contributed by atoms with E-state index in [0.717, 1.165) is 29.7 Å². The number of amides is 1. The molecule has 1 N–H and O–H groups in total. The van der Waals surface area contributed by atoms with E-state index in [1.807, 2.05) is 49.1 Å². The number of ether oxygens (including phenoxy) is 1. The third-order valence-corrected chi connectivity index (χ3v) is 5.68. The molecule has 2 fully saturated rings. The molecule has 2 aliphatic heterocycles. The van der Waals surface area contributed by atoms with Gasteiger partial charge in [-0.15, -0.1) is 0 Å². The number of nitrogens with zero attached hydrogens (tertiary/aromatic N) is 2. The Labute approximate surface area is 152 Å². The van der Waals surface area contributed by atoms with Gasteiger partial charge in [0.1, 0.15) is 12.4 Å². The van der Waals surface area contributed by atoms with E-state index in [2.05, 4.69) is 5.16 Å². The third kappa shape index (κ3) is 2.88. The number of aromatic nitrogens is 1. The lowest BCUT2D eigenvalue weighted by Crippen LogP contribution is -2.52. The van der Waals surface area contributed by atoms with Gasteiger partial charge in [0.2, 0.25) is 0 Å². The first-order valence-electron chi connectivity index (χ1n) is 9.13.